The van der Waals surface area contributed by atoms with Gasteiger partial charge in [-0.1, -0.05) is 24.3 Å². The fourth-order valence-electron chi connectivity index (χ4n) is 3.24. The van der Waals surface area contributed by atoms with Gasteiger partial charge < -0.3 is 10.2 Å². The van der Waals surface area contributed by atoms with Crippen LogP contribution in [0.5, 0.6) is 0 Å². The van der Waals surface area contributed by atoms with Gasteiger partial charge in [0.25, 0.3) is 0 Å². The van der Waals surface area contributed by atoms with Crippen molar-refractivity contribution in [1.82, 2.24) is 4.90 Å². The van der Waals surface area contributed by atoms with Gasteiger partial charge in [-0.15, -0.1) is 0 Å². The smallest absolute Gasteiger partial charge is 0.228 e. The number of carbonyl (C=O) groups excluding carboxylic acids is 2. The van der Waals surface area contributed by atoms with Gasteiger partial charge in [-0.3, -0.25) is 9.59 Å². The van der Waals surface area contributed by atoms with Crippen LogP contribution in [0.15, 0.2) is 42.5 Å². The zero-order chi connectivity index (χ0) is 18.0. The summed E-state index contributed by atoms with van der Waals surface area (Å²) in [6, 6.07) is 11.8. The molecule has 130 valence electrons. The molecule has 5 heteroatoms. The number of nitrogens with zero attached hydrogens (tertiary/aromatic N) is 1. The van der Waals surface area contributed by atoms with Crippen LogP contribution in [0, 0.1) is 5.82 Å². The van der Waals surface area contributed by atoms with Gasteiger partial charge in [0, 0.05) is 12.2 Å². The van der Waals surface area contributed by atoms with E-state index in [0.717, 1.165) is 22.4 Å². The summed E-state index contributed by atoms with van der Waals surface area (Å²) in [6.07, 6.45) is 0.661. The molecule has 2 aromatic rings. The SMILES string of the molecule is CCN(C(=O)Cc1ccc2c(c1)NC(=O)C2)C(C)c1ccc(F)cc1. The predicted molar refractivity (Wildman–Crippen MR) is 94.7 cm³/mol. The average molecular weight is 340 g/mol. The lowest BCUT2D eigenvalue weighted by Gasteiger charge is -2.28. The third-order valence-corrected chi connectivity index (χ3v) is 4.64. The first kappa shape index (κ1) is 17.1. The Morgan fingerprint density at radius 3 is 2.64 bits per heavy atom. The highest BCUT2D eigenvalue weighted by molar-refractivity contribution is 5.99. The van der Waals surface area contributed by atoms with E-state index in [-0.39, 0.29) is 30.1 Å². The van der Waals surface area contributed by atoms with Gasteiger partial charge in [0.2, 0.25) is 11.8 Å². The molecule has 0 saturated carbocycles. The molecule has 4 nitrogen and oxygen atoms in total. The summed E-state index contributed by atoms with van der Waals surface area (Å²) in [7, 11) is 0. The maximum atomic E-state index is 13.1. The van der Waals surface area contributed by atoms with E-state index >= 15 is 0 Å². The molecule has 0 aromatic heterocycles. The number of carbonyl (C=O) groups is 2. The topological polar surface area (TPSA) is 49.4 Å². The molecule has 1 unspecified atom stereocenters. The Morgan fingerprint density at radius 2 is 1.96 bits per heavy atom. The minimum absolute atomic E-state index is 0.00333. The van der Waals surface area contributed by atoms with Gasteiger partial charge in [0.05, 0.1) is 18.9 Å². The zero-order valence-electron chi connectivity index (χ0n) is 14.4. The zero-order valence-corrected chi connectivity index (χ0v) is 14.4. The summed E-state index contributed by atoms with van der Waals surface area (Å²) in [6.45, 7) is 4.44. The van der Waals surface area contributed by atoms with Gasteiger partial charge >= 0.3 is 0 Å². The van der Waals surface area contributed by atoms with Gasteiger partial charge in [0.1, 0.15) is 5.82 Å². The van der Waals surface area contributed by atoms with Gasteiger partial charge in [0.15, 0.2) is 0 Å². The first-order valence-electron chi connectivity index (χ1n) is 8.44. The van der Waals surface area contributed by atoms with Crippen molar-refractivity contribution in [3.63, 3.8) is 0 Å². The minimum Gasteiger partial charge on any atom is -0.336 e. The number of amides is 2. The van der Waals surface area contributed by atoms with Crippen molar-refractivity contribution in [2.24, 2.45) is 0 Å². The monoisotopic (exact) mass is 340 g/mol. The number of benzene rings is 2. The minimum atomic E-state index is -0.287. The summed E-state index contributed by atoms with van der Waals surface area (Å²) in [4.78, 5) is 26.0. The molecule has 0 spiro atoms. The second-order valence-electron chi connectivity index (χ2n) is 6.30. The molecule has 0 bridgehead atoms. The maximum Gasteiger partial charge on any atom is 0.228 e. The first-order valence-corrected chi connectivity index (χ1v) is 8.44. The molecule has 2 aromatic carbocycles. The van der Waals surface area contributed by atoms with E-state index in [4.69, 9.17) is 0 Å². The Hall–Kier alpha value is -2.69. The number of hydrogen-bond acceptors (Lipinski definition) is 2. The predicted octanol–water partition coefficient (Wildman–Crippen LogP) is 3.47. The van der Waals surface area contributed by atoms with Crippen molar-refractivity contribution in [2.45, 2.75) is 32.7 Å². The van der Waals surface area contributed by atoms with Crippen LogP contribution in [0.2, 0.25) is 0 Å². The van der Waals surface area contributed by atoms with E-state index in [1.54, 1.807) is 17.0 Å². The van der Waals surface area contributed by atoms with Crippen molar-refractivity contribution >= 4 is 17.5 Å². The van der Waals surface area contributed by atoms with E-state index < -0.39 is 0 Å². The Kier molecular flexibility index (Phi) is 4.83. The summed E-state index contributed by atoms with van der Waals surface area (Å²) >= 11 is 0. The molecule has 25 heavy (non-hydrogen) atoms. The number of hydrogen-bond donors (Lipinski definition) is 1. The number of rotatable bonds is 5. The third kappa shape index (κ3) is 3.71. The molecule has 1 N–H and O–H groups in total. The van der Waals surface area contributed by atoms with E-state index in [0.29, 0.717) is 13.0 Å². The highest BCUT2D eigenvalue weighted by atomic mass is 19.1. The van der Waals surface area contributed by atoms with Crippen molar-refractivity contribution < 1.29 is 14.0 Å². The highest BCUT2D eigenvalue weighted by Crippen LogP contribution is 2.26. The molecule has 1 heterocycles. The molecule has 3 rings (SSSR count). The van der Waals surface area contributed by atoms with Crippen LogP contribution in [0.1, 0.15) is 36.6 Å². The highest BCUT2D eigenvalue weighted by Gasteiger charge is 2.22. The molecular weight excluding hydrogens is 319 g/mol. The lowest BCUT2D eigenvalue weighted by Crippen LogP contribution is -2.34. The Balaban J connectivity index is 1.73. The number of nitrogens with one attached hydrogen (secondary N) is 1. The van der Waals surface area contributed by atoms with Crippen LogP contribution in [0.4, 0.5) is 10.1 Å². The van der Waals surface area contributed by atoms with E-state index in [9.17, 15) is 14.0 Å². The molecule has 0 radical (unpaired) electrons. The summed E-state index contributed by atoms with van der Waals surface area (Å²) in [5.41, 5.74) is 3.53. The molecule has 1 aliphatic heterocycles. The Morgan fingerprint density at radius 1 is 1.24 bits per heavy atom. The summed E-state index contributed by atoms with van der Waals surface area (Å²) < 4.78 is 13.1. The van der Waals surface area contributed by atoms with Crippen molar-refractivity contribution in [2.75, 3.05) is 11.9 Å². The molecule has 0 fully saturated rings. The second kappa shape index (κ2) is 7.05. The normalized spacial score (nSPS) is 14.0. The van der Waals surface area contributed by atoms with Crippen LogP contribution in [-0.2, 0) is 22.4 Å². The van der Waals surface area contributed by atoms with Crippen LogP contribution in [0.3, 0.4) is 0 Å². The Labute approximate surface area is 146 Å². The van der Waals surface area contributed by atoms with Crippen molar-refractivity contribution in [3.05, 3.63) is 65.0 Å². The molecule has 1 atom stereocenters. The van der Waals surface area contributed by atoms with Crippen LogP contribution < -0.4 is 5.32 Å². The largest absolute Gasteiger partial charge is 0.336 e. The van der Waals surface area contributed by atoms with E-state index in [1.165, 1.54) is 12.1 Å². The third-order valence-electron chi connectivity index (χ3n) is 4.64. The fraction of sp³-hybridized carbons (Fsp3) is 0.300. The molecule has 1 aliphatic rings. The van der Waals surface area contributed by atoms with Crippen LogP contribution in [0.25, 0.3) is 0 Å². The fourth-order valence-corrected chi connectivity index (χ4v) is 3.24. The maximum absolute atomic E-state index is 13.1. The van der Waals surface area contributed by atoms with Gasteiger partial charge in [-0.2, -0.15) is 0 Å². The van der Waals surface area contributed by atoms with Crippen molar-refractivity contribution in [1.29, 1.82) is 0 Å². The lowest BCUT2D eigenvalue weighted by molar-refractivity contribution is -0.132. The van der Waals surface area contributed by atoms with Gasteiger partial charge in [-0.05, 0) is 48.7 Å². The van der Waals surface area contributed by atoms with Gasteiger partial charge in [-0.25, -0.2) is 4.39 Å². The lowest BCUT2D eigenvalue weighted by atomic mass is 10.0. The number of fused-ring (bicyclic) bond motifs is 1. The standard InChI is InChI=1S/C20H21FN2O2/c1-3-23(13(2)15-6-8-17(21)9-7-15)20(25)11-14-4-5-16-12-19(24)22-18(16)10-14/h4-10,13H,3,11-12H2,1-2H3,(H,22,24). The van der Waals surface area contributed by atoms with E-state index in [2.05, 4.69) is 5.32 Å². The van der Waals surface area contributed by atoms with E-state index in [1.807, 2.05) is 32.0 Å². The average Bonchev–Trinajstić information content (AvgIpc) is 2.95. The quantitative estimate of drug-likeness (QED) is 0.906. The Bertz CT molecular complexity index is 802. The molecule has 0 saturated heterocycles. The second-order valence-corrected chi connectivity index (χ2v) is 6.30. The number of anilines is 1. The number of halogens is 1. The van der Waals surface area contributed by atoms with Crippen LogP contribution in [-0.4, -0.2) is 23.3 Å². The molecule has 2 amide bonds. The summed E-state index contributed by atoms with van der Waals surface area (Å²) in [5, 5.41) is 2.81. The first-order chi connectivity index (χ1) is 12.0. The van der Waals surface area contributed by atoms with Crippen molar-refractivity contribution in [3.8, 4) is 0 Å². The summed E-state index contributed by atoms with van der Waals surface area (Å²) in [5.74, 6) is -0.298. The number of likely N-dealkylation sites (N-methyl/N-ethyl adjacent to an activating group) is 1. The molecular formula is C20H21FN2O2. The van der Waals surface area contributed by atoms with Crippen LogP contribution >= 0.6 is 0 Å². The molecule has 0 aliphatic carbocycles.